The number of carbonyl (C=O) groups excluding carboxylic acids is 1. The summed E-state index contributed by atoms with van der Waals surface area (Å²) in [7, 11) is 0. The summed E-state index contributed by atoms with van der Waals surface area (Å²) in [5.41, 5.74) is 4.81. The van der Waals surface area contributed by atoms with Gasteiger partial charge in [0.15, 0.2) is 0 Å². The molecule has 0 aliphatic heterocycles. The van der Waals surface area contributed by atoms with E-state index >= 15 is 0 Å². The van der Waals surface area contributed by atoms with Gasteiger partial charge in [-0.2, -0.15) is 0 Å². The highest BCUT2D eigenvalue weighted by Gasteiger charge is 2.17. The second-order valence-corrected chi connectivity index (χ2v) is 2.34. The minimum Gasteiger partial charge on any atom is -0.446 e. The fraction of sp³-hybridized carbons (Fsp3) is 0.875. The molecule has 0 spiro atoms. The molecule has 0 aromatic rings. The first-order valence-electron chi connectivity index (χ1n) is 4.25. The van der Waals surface area contributed by atoms with E-state index in [2.05, 4.69) is 0 Å². The lowest BCUT2D eigenvalue weighted by Gasteiger charge is -2.06. The first kappa shape index (κ1) is 10.3. The fourth-order valence-electron chi connectivity index (χ4n) is 1.17. The lowest BCUT2D eigenvalue weighted by atomic mass is 10.3. The van der Waals surface area contributed by atoms with Crippen molar-refractivity contribution < 1.29 is 9.53 Å². The van der Waals surface area contributed by atoms with Crippen LogP contribution in [0.25, 0.3) is 0 Å². The van der Waals surface area contributed by atoms with Crippen LogP contribution in [0, 0.1) is 0 Å². The zero-order valence-electron chi connectivity index (χ0n) is 7.30. The molecule has 0 atom stereocenters. The molecular weight excluding hydrogens is 142 g/mol. The molecule has 0 bridgehead atoms. The standard InChI is InChI=1S/C6H11NO2.C2H6/c7-6(8)9-5-3-1-2-4-5;1-2/h5H,1-4H2,(H2,7,8);1-2H3. The van der Waals surface area contributed by atoms with E-state index in [-0.39, 0.29) is 6.10 Å². The van der Waals surface area contributed by atoms with Crippen molar-refractivity contribution in [3.63, 3.8) is 0 Å². The first-order valence-corrected chi connectivity index (χ1v) is 4.25. The van der Waals surface area contributed by atoms with Crippen LogP contribution >= 0.6 is 0 Å². The van der Waals surface area contributed by atoms with Gasteiger partial charge < -0.3 is 10.5 Å². The molecular formula is C8H17NO2. The van der Waals surface area contributed by atoms with Gasteiger partial charge in [-0.3, -0.25) is 0 Å². The van der Waals surface area contributed by atoms with Gasteiger partial charge >= 0.3 is 6.09 Å². The summed E-state index contributed by atoms with van der Waals surface area (Å²) in [6, 6.07) is 0. The van der Waals surface area contributed by atoms with E-state index in [0.29, 0.717) is 0 Å². The Morgan fingerprint density at radius 1 is 1.36 bits per heavy atom. The minimum atomic E-state index is -0.637. The number of nitrogens with two attached hydrogens (primary N) is 1. The normalized spacial score (nSPS) is 16.9. The molecule has 0 aromatic heterocycles. The third-order valence-electron chi connectivity index (χ3n) is 1.59. The molecule has 1 amide bonds. The quantitative estimate of drug-likeness (QED) is 0.636. The maximum Gasteiger partial charge on any atom is 0.404 e. The summed E-state index contributed by atoms with van der Waals surface area (Å²) in [4.78, 5) is 10.2. The molecule has 66 valence electrons. The van der Waals surface area contributed by atoms with Gasteiger partial charge in [-0.25, -0.2) is 4.79 Å². The maximum atomic E-state index is 10.2. The Hall–Kier alpha value is -0.730. The number of rotatable bonds is 1. The molecule has 0 unspecified atom stereocenters. The largest absolute Gasteiger partial charge is 0.446 e. The lowest BCUT2D eigenvalue weighted by molar-refractivity contribution is 0.110. The summed E-state index contributed by atoms with van der Waals surface area (Å²) in [6.45, 7) is 4.00. The van der Waals surface area contributed by atoms with Crippen molar-refractivity contribution in [1.82, 2.24) is 0 Å². The highest BCUT2D eigenvalue weighted by Crippen LogP contribution is 2.20. The van der Waals surface area contributed by atoms with Crippen LogP contribution in [-0.2, 0) is 4.74 Å². The third-order valence-corrected chi connectivity index (χ3v) is 1.59. The number of hydrogen-bond acceptors (Lipinski definition) is 2. The molecule has 2 N–H and O–H groups in total. The summed E-state index contributed by atoms with van der Waals surface area (Å²) < 4.78 is 4.75. The molecule has 1 saturated carbocycles. The second kappa shape index (κ2) is 6.01. The van der Waals surface area contributed by atoms with Crippen molar-refractivity contribution >= 4 is 6.09 Å². The van der Waals surface area contributed by atoms with Crippen molar-refractivity contribution in [1.29, 1.82) is 0 Å². The number of carbonyl (C=O) groups is 1. The highest BCUT2D eigenvalue weighted by atomic mass is 16.6. The van der Waals surface area contributed by atoms with Crippen molar-refractivity contribution in [2.75, 3.05) is 0 Å². The lowest BCUT2D eigenvalue weighted by Crippen LogP contribution is -2.19. The van der Waals surface area contributed by atoms with Crippen LogP contribution in [0.1, 0.15) is 39.5 Å². The highest BCUT2D eigenvalue weighted by molar-refractivity contribution is 5.64. The van der Waals surface area contributed by atoms with Gasteiger partial charge in [-0.05, 0) is 25.7 Å². The van der Waals surface area contributed by atoms with E-state index in [0.717, 1.165) is 25.7 Å². The Balaban J connectivity index is 0.000000461. The molecule has 1 aliphatic carbocycles. The van der Waals surface area contributed by atoms with Crippen molar-refractivity contribution in [3.8, 4) is 0 Å². The predicted octanol–water partition coefficient (Wildman–Crippen LogP) is 2.05. The molecule has 1 fully saturated rings. The van der Waals surface area contributed by atoms with Crippen molar-refractivity contribution in [3.05, 3.63) is 0 Å². The maximum absolute atomic E-state index is 10.2. The van der Waals surface area contributed by atoms with E-state index < -0.39 is 6.09 Å². The zero-order chi connectivity index (χ0) is 8.69. The van der Waals surface area contributed by atoms with Crippen molar-refractivity contribution in [2.24, 2.45) is 5.73 Å². The summed E-state index contributed by atoms with van der Waals surface area (Å²) >= 11 is 0. The van der Waals surface area contributed by atoms with Gasteiger partial charge in [-0.1, -0.05) is 13.8 Å². The molecule has 1 aliphatic rings. The minimum absolute atomic E-state index is 0.113. The Morgan fingerprint density at radius 3 is 2.18 bits per heavy atom. The Morgan fingerprint density at radius 2 is 1.82 bits per heavy atom. The number of ether oxygens (including phenoxy) is 1. The van der Waals surface area contributed by atoms with Gasteiger partial charge in [0.1, 0.15) is 6.10 Å². The first-order chi connectivity index (χ1) is 5.29. The van der Waals surface area contributed by atoms with E-state index in [9.17, 15) is 4.79 Å². The van der Waals surface area contributed by atoms with Crippen molar-refractivity contribution in [2.45, 2.75) is 45.6 Å². The Bertz CT molecular complexity index is 109. The topological polar surface area (TPSA) is 52.3 Å². The third kappa shape index (κ3) is 4.65. The summed E-state index contributed by atoms with van der Waals surface area (Å²) in [6.07, 6.45) is 3.78. The molecule has 0 heterocycles. The van der Waals surface area contributed by atoms with Crippen LogP contribution in [0.3, 0.4) is 0 Å². The molecule has 0 aromatic carbocycles. The van der Waals surface area contributed by atoms with E-state index in [1.807, 2.05) is 13.8 Å². The zero-order valence-corrected chi connectivity index (χ0v) is 7.30. The SMILES string of the molecule is CC.NC(=O)OC1CCCC1. The van der Waals surface area contributed by atoms with Crippen LogP contribution in [0.15, 0.2) is 0 Å². The molecule has 0 saturated heterocycles. The van der Waals surface area contributed by atoms with E-state index in [1.54, 1.807) is 0 Å². The fourth-order valence-corrected chi connectivity index (χ4v) is 1.17. The average molecular weight is 159 g/mol. The van der Waals surface area contributed by atoms with Crippen LogP contribution in [0.5, 0.6) is 0 Å². The predicted molar refractivity (Wildman–Crippen MR) is 44.3 cm³/mol. The molecule has 1 rings (SSSR count). The van der Waals surface area contributed by atoms with E-state index in [4.69, 9.17) is 10.5 Å². The van der Waals surface area contributed by atoms with Gasteiger partial charge in [0.05, 0.1) is 0 Å². The van der Waals surface area contributed by atoms with Gasteiger partial charge in [0.25, 0.3) is 0 Å². The summed E-state index contributed by atoms with van der Waals surface area (Å²) in [5, 5.41) is 0. The number of primary amides is 1. The van der Waals surface area contributed by atoms with Gasteiger partial charge in [0.2, 0.25) is 0 Å². The van der Waals surface area contributed by atoms with Crippen LogP contribution in [0.4, 0.5) is 4.79 Å². The van der Waals surface area contributed by atoms with Crippen LogP contribution in [-0.4, -0.2) is 12.2 Å². The molecule has 11 heavy (non-hydrogen) atoms. The van der Waals surface area contributed by atoms with E-state index in [1.165, 1.54) is 0 Å². The molecule has 3 heteroatoms. The monoisotopic (exact) mass is 159 g/mol. The second-order valence-electron chi connectivity index (χ2n) is 2.34. The molecule has 0 radical (unpaired) electrons. The Labute approximate surface area is 67.9 Å². The summed E-state index contributed by atoms with van der Waals surface area (Å²) in [5.74, 6) is 0. The van der Waals surface area contributed by atoms with Crippen LogP contribution in [0.2, 0.25) is 0 Å². The number of hydrogen-bond donors (Lipinski definition) is 1. The number of amides is 1. The van der Waals surface area contributed by atoms with Gasteiger partial charge in [0, 0.05) is 0 Å². The smallest absolute Gasteiger partial charge is 0.404 e. The van der Waals surface area contributed by atoms with Gasteiger partial charge in [-0.15, -0.1) is 0 Å². The van der Waals surface area contributed by atoms with Crippen LogP contribution < -0.4 is 5.73 Å². The molecule has 3 nitrogen and oxygen atoms in total. The average Bonchev–Trinajstić information content (AvgIpc) is 2.43. The Kier molecular flexibility index (Phi) is 5.61.